The minimum Gasteiger partial charge on any atom is -0.398 e. The maximum absolute atomic E-state index is 13.2. The zero-order chi connectivity index (χ0) is 14.7. The third-order valence-corrected chi connectivity index (χ3v) is 3.89. The van der Waals surface area contributed by atoms with Gasteiger partial charge in [0.1, 0.15) is 5.82 Å². The van der Waals surface area contributed by atoms with Crippen LogP contribution in [0.4, 0.5) is 10.1 Å². The summed E-state index contributed by atoms with van der Waals surface area (Å²) in [5.74, 6) is 1.16. The van der Waals surface area contributed by atoms with Crippen LogP contribution in [-0.2, 0) is 5.75 Å². The van der Waals surface area contributed by atoms with Crippen molar-refractivity contribution in [3.63, 3.8) is 0 Å². The van der Waals surface area contributed by atoms with E-state index >= 15 is 0 Å². The summed E-state index contributed by atoms with van der Waals surface area (Å²) in [6.07, 6.45) is 0. The number of anilines is 1. The molecule has 3 aromatic rings. The molecule has 0 unspecified atom stereocenters. The highest BCUT2D eigenvalue weighted by molar-refractivity contribution is 7.98. The maximum atomic E-state index is 13.2. The van der Waals surface area contributed by atoms with Crippen LogP contribution in [0.25, 0.3) is 11.5 Å². The molecule has 0 spiro atoms. The van der Waals surface area contributed by atoms with E-state index in [0.717, 1.165) is 5.56 Å². The average Bonchev–Trinajstić information content (AvgIpc) is 2.98. The second-order valence-electron chi connectivity index (χ2n) is 4.35. The van der Waals surface area contributed by atoms with Crippen molar-refractivity contribution in [1.82, 2.24) is 10.1 Å². The van der Waals surface area contributed by atoms with Crippen LogP contribution < -0.4 is 5.73 Å². The summed E-state index contributed by atoms with van der Waals surface area (Å²) in [6.45, 7) is 0. The molecule has 6 heteroatoms. The topological polar surface area (TPSA) is 64.9 Å². The van der Waals surface area contributed by atoms with Crippen molar-refractivity contribution in [2.75, 3.05) is 5.73 Å². The number of halogens is 1. The molecule has 106 valence electrons. The first-order valence-corrected chi connectivity index (χ1v) is 7.27. The lowest BCUT2D eigenvalue weighted by Crippen LogP contribution is -1.91. The number of nitrogens with two attached hydrogens (primary N) is 1. The van der Waals surface area contributed by atoms with Crippen LogP contribution >= 0.6 is 11.8 Å². The Balaban J connectivity index is 1.72. The van der Waals surface area contributed by atoms with Gasteiger partial charge in [-0.1, -0.05) is 23.4 Å². The molecule has 0 aliphatic carbocycles. The molecule has 0 radical (unpaired) electrons. The van der Waals surface area contributed by atoms with Gasteiger partial charge in [0.25, 0.3) is 5.89 Å². The van der Waals surface area contributed by atoms with Gasteiger partial charge in [0.2, 0.25) is 0 Å². The number of hydrogen-bond donors (Lipinski definition) is 1. The first kappa shape index (κ1) is 13.6. The van der Waals surface area contributed by atoms with Gasteiger partial charge in [0, 0.05) is 16.1 Å². The van der Waals surface area contributed by atoms with Crippen molar-refractivity contribution in [2.45, 2.75) is 10.6 Å². The van der Waals surface area contributed by atoms with E-state index in [1.165, 1.54) is 23.9 Å². The van der Waals surface area contributed by atoms with Gasteiger partial charge in [-0.2, -0.15) is 4.98 Å². The molecule has 0 bridgehead atoms. The molecule has 0 saturated heterocycles. The second-order valence-corrected chi connectivity index (χ2v) is 5.37. The van der Waals surface area contributed by atoms with Crippen LogP contribution in [0.5, 0.6) is 0 Å². The van der Waals surface area contributed by atoms with E-state index in [9.17, 15) is 4.39 Å². The number of nitrogens with zero attached hydrogens (tertiary/aromatic N) is 2. The molecule has 0 saturated carbocycles. The number of benzene rings is 2. The fourth-order valence-electron chi connectivity index (χ4n) is 1.79. The number of hydrogen-bond acceptors (Lipinski definition) is 5. The van der Waals surface area contributed by atoms with E-state index in [-0.39, 0.29) is 5.82 Å². The SMILES string of the molecule is Nc1ccc(F)cc1SCc1noc(-c2ccccc2)n1. The summed E-state index contributed by atoms with van der Waals surface area (Å²) in [6, 6.07) is 13.8. The summed E-state index contributed by atoms with van der Waals surface area (Å²) < 4.78 is 18.4. The zero-order valence-electron chi connectivity index (χ0n) is 11.0. The minimum absolute atomic E-state index is 0.315. The Bertz CT molecular complexity index is 746. The minimum atomic E-state index is -0.315. The molecule has 2 N–H and O–H groups in total. The van der Waals surface area contributed by atoms with E-state index in [4.69, 9.17) is 10.3 Å². The van der Waals surface area contributed by atoms with Crippen molar-refractivity contribution >= 4 is 17.4 Å². The Kier molecular flexibility index (Phi) is 3.87. The number of aromatic nitrogens is 2. The smallest absolute Gasteiger partial charge is 0.257 e. The first-order valence-electron chi connectivity index (χ1n) is 6.28. The fraction of sp³-hybridized carbons (Fsp3) is 0.0667. The summed E-state index contributed by atoms with van der Waals surface area (Å²) in [5.41, 5.74) is 7.20. The lowest BCUT2D eigenvalue weighted by molar-refractivity contribution is 0.425. The van der Waals surface area contributed by atoms with E-state index in [1.807, 2.05) is 30.3 Å². The molecule has 0 atom stereocenters. The number of nitrogen functional groups attached to an aromatic ring is 1. The molecule has 3 rings (SSSR count). The highest BCUT2D eigenvalue weighted by Gasteiger charge is 2.10. The summed E-state index contributed by atoms with van der Waals surface area (Å²) in [7, 11) is 0. The van der Waals surface area contributed by atoms with Crippen LogP contribution in [0, 0.1) is 5.82 Å². The lowest BCUT2D eigenvalue weighted by Gasteiger charge is -2.03. The van der Waals surface area contributed by atoms with Gasteiger partial charge in [0.05, 0.1) is 5.75 Å². The highest BCUT2D eigenvalue weighted by Crippen LogP contribution is 2.28. The molecular weight excluding hydrogens is 289 g/mol. The van der Waals surface area contributed by atoms with Crippen molar-refractivity contribution in [3.8, 4) is 11.5 Å². The highest BCUT2D eigenvalue weighted by atomic mass is 32.2. The fourth-order valence-corrected chi connectivity index (χ4v) is 2.62. The Hall–Kier alpha value is -2.34. The quantitative estimate of drug-likeness (QED) is 0.587. The van der Waals surface area contributed by atoms with Crippen molar-refractivity contribution in [2.24, 2.45) is 0 Å². The monoisotopic (exact) mass is 301 g/mol. The predicted molar refractivity (Wildman–Crippen MR) is 80.1 cm³/mol. The van der Waals surface area contributed by atoms with Crippen LogP contribution in [0.3, 0.4) is 0 Å². The van der Waals surface area contributed by atoms with Gasteiger partial charge in [-0.05, 0) is 30.3 Å². The van der Waals surface area contributed by atoms with Crippen molar-refractivity contribution in [1.29, 1.82) is 0 Å². The van der Waals surface area contributed by atoms with Gasteiger partial charge in [-0.15, -0.1) is 11.8 Å². The molecule has 1 aromatic heterocycles. The molecule has 0 aliphatic rings. The largest absolute Gasteiger partial charge is 0.398 e. The third kappa shape index (κ3) is 3.22. The second kappa shape index (κ2) is 5.97. The zero-order valence-corrected chi connectivity index (χ0v) is 11.8. The summed E-state index contributed by atoms with van der Waals surface area (Å²) in [4.78, 5) is 4.98. The maximum Gasteiger partial charge on any atom is 0.257 e. The Morgan fingerprint density at radius 2 is 1.95 bits per heavy atom. The first-order chi connectivity index (χ1) is 10.2. The lowest BCUT2D eigenvalue weighted by atomic mass is 10.2. The molecule has 4 nitrogen and oxygen atoms in total. The molecule has 0 aliphatic heterocycles. The van der Waals surface area contributed by atoms with Crippen LogP contribution in [0.1, 0.15) is 5.82 Å². The van der Waals surface area contributed by atoms with Crippen molar-refractivity contribution < 1.29 is 8.91 Å². The predicted octanol–water partition coefficient (Wildman–Crippen LogP) is 3.75. The summed E-state index contributed by atoms with van der Waals surface area (Å²) in [5, 5.41) is 3.92. The van der Waals surface area contributed by atoms with Gasteiger partial charge in [0.15, 0.2) is 5.82 Å². The van der Waals surface area contributed by atoms with Crippen molar-refractivity contribution in [3.05, 3.63) is 60.2 Å². The van der Waals surface area contributed by atoms with E-state index in [1.54, 1.807) is 6.07 Å². The van der Waals surface area contributed by atoms with Crippen LogP contribution in [0.2, 0.25) is 0 Å². The molecule has 21 heavy (non-hydrogen) atoms. The third-order valence-electron chi connectivity index (χ3n) is 2.82. The van der Waals surface area contributed by atoms with Gasteiger partial charge < -0.3 is 10.3 Å². The Morgan fingerprint density at radius 1 is 1.14 bits per heavy atom. The molecule has 2 aromatic carbocycles. The van der Waals surface area contributed by atoms with Gasteiger partial charge >= 0.3 is 0 Å². The van der Waals surface area contributed by atoms with E-state index < -0.39 is 0 Å². The molecule has 0 amide bonds. The van der Waals surface area contributed by atoms with Gasteiger partial charge in [-0.25, -0.2) is 4.39 Å². The molecule has 0 fully saturated rings. The van der Waals surface area contributed by atoms with Gasteiger partial charge in [-0.3, -0.25) is 0 Å². The molecule has 1 heterocycles. The van der Waals surface area contributed by atoms with E-state index in [2.05, 4.69) is 10.1 Å². The summed E-state index contributed by atoms with van der Waals surface area (Å²) >= 11 is 1.37. The Labute approximate surface area is 125 Å². The normalized spacial score (nSPS) is 10.7. The van der Waals surface area contributed by atoms with Crippen LogP contribution in [0.15, 0.2) is 57.9 Å². The molecular formula is C15H12FN3OS. The average molecular weight is 301 g/mol. The Morgan fingerprint density at radius 3 is 2.76 bits per heavy atom. The standard InChI is InChI=1S/C15H12FN3OS/c16-11-6-7-12(17)13(8-11)21-9-14-18-15(20-19-14)10-4-2-1-3-5-10/h1-8H,9,17H2. The van der Waals surface area contributed by atoms with Crippen LogP contribution in [-0.4, -0.2) is 10.1 Å². The van der Waals surface area contributed by atoms with E-state index in [0.29, 0.717) is 28.1 Å². The number of thioether (sulfide) groups is 1. The number of rotatable bonds is 4.